The summed E-state index contributed by atoms with van der Waals surface area (Å²) >= 11 is 0. The summed E-state index contributed by atoms with van der Waals surface area (Å²) in [7, 11) is -1.91. The average Bonchev–Trinajstić information content (AvgIpc) is 2.89. The molecule has 9 nitrogen and oxygen atoms in total. The quantitative estimate of drug-likeness (QED) is 0.578. The summed E-state index contributed by atoms with van der Waals surface area (Å²) < 4.78 is 38.1. The van der Waals surface area contributed by atoms with E-state index in [1.165, 1.54) is 29.0 Å². The van der Waals surface area contributed by atoms with Gasteiger partial charge >= 0.3 is 0 Å². The van der Waals surface area contributed by atoms with E-state index >= 15 is 0 Å². The molecule has 0 saturated carbocycles. The minimum Gasteiger partial charge on any atom is -0.394 e. The number of fused-ring (bicyclic) bond motifs is 1. The predicted molar refractivity (Wildman–Crippen MR) is 94.4 cm³/mol. The zero-order chi connectivity index (χ0) is 19.8. The molecule has 2 aromatic rings. The minimum atomic E-state index is -3.45. The van der Waals surface area contributed by atoms with E-state index in [9.17, 15) is 18.5 Å². The van der Waals surface area contributed by atoms with E-state index < -0.39 is 27.8 Å². The SMILES string of the molecule is Cn1cc2c(c1C(=O)Nc1cc(F)nc(C#N)c1)C=C[C@H](CO)NS2(=N)=O. The maximum Gasteiger partial charge on any atom is 0.272 e. The number of aliphatic hydroxyl groups excluding tert-OH is 1. The van der Waals surface area contributed by atoms with Crippen LogP contribution in [-0.4, -0.2) is 37.4 Å². The number of nitriles is 1. The number of nitrogens with one attached hydrogen (secondary N) is 3. The number of hydrogen-bond acceptors (Lipinski definition) is 6. The van der Waals surface area contributed by atoms with Crippen LogP contribution in [0.3, 0.4) is 0 Å². The third-order valence-corrected chi connectivity index (χ3v) is 5.46. The van der Waals surface area contributed by atoms with Gasteiger partial charge in [-0.3, -0.25) is 4.79 Å². The minimum absolute atomic E-state index is 0.0366. The van der Waals surface area contributed by atoms with E-state index in [-0.39, 0.29) is 34.1 Å². The lowest BCUT2D eigenvalue weighted by molar-refractivity contribution is 0.101. The summed E-state index contributed by atoms with van der Waals surface area (Å²) in [4.78, 5) is 16.2. The first-order chi connectivity index (χ1) is 12.7. The molecule has 3 rings (SSSR count). The van der Waals surface area contributed by atoms with Gasteiger partial charge in [0.1, 0.15) is 27.4 Å². The number of aliphatic hydroxyl groups is 1. The van der Waals surface area contributed by atoms with Gasteiger partial charge in [0.2, 0.25) is 5.95 Å². The van der Waals surface area contributed by atoms with Crippen molar-refractivity contribution in [1.82, 2.24) is 14.3 Å². The van der Waals surface area contributed by atoms with Crippen molar-refractivity contribution in [3.05, 3.63) is 47.3 Å². The molecule has 11 heteroatoms. The summed E-state index contributed by atoms with van der Waals surface area (Å²) in [5.74, 6) is -1.56. The molecule has 1 amide bonds. The lowest BCUT2D eigenvalue weighted by Crippen LogP contribution is -2.34. The monoisotopic (exact) mass is 390 g/mol. The lowest BCUT2D eigenvalue weighted by atomic mass is 10.1. The van der Waals surface area contributed by atoms with Gasteiger partial charge < -0.3 is 15.0 Å². The fraction of sp³-hybridized carbons (Fsp3) is 0.188. The van der Waals surface area contributed by atoms with Crippen molar-refractivity contribution < 1.29 is 18.5 Å². The molecule has 2 aromatic heterocycles. The van der Waals surface area contributed by atoms with Crippen LogP contribution in [0.25, 0.3) is 6.08 Å². The van der Waals surface area contributed by atoms with E-state index in [0.29, 0.717) is 0 Å². The molecule has 0 bridgehead atoms. The second kappa shape index (κ2) is 6.92. The Labute approximate surface area is 154 Å². The van der Waals surface area contributed by atoms with Crippen LogP contribution in [0, 0.1) is 22.1 Å². The van der Waals surface area contributed by atoms with Crippen LogP contribution in [0.4, 0.5) is 10.1 Å². The Morgan fingerprint density at radius 3 is 3.00 bits per heavy atom. The van der Waals surface area contributed by atoms with Crippen molar-refractivity contribution in [3.63, 3.8) is 0 Å². The summed E-state index contributed by atoms with van der Waals surface area (Å²) in [5, 5.41) is 20.6. The highest BCUT2D eigenvalue weighted by Crippen LogP contribution is 2.27. The van der Waals surface area contributed by atoms with Crippen molar-refractivity contribution >= 4 is 27.6 Å². The Bertz CT molecular complexity index is 1100. The molecule has 0 aliphatic carbocycles. The fourth-order valence-corrected chi connectivity index (χ4v) is 4.22. The third kappa shape index (κ3) is 3.59. The van der Waals surface area contributed by atoms with Gasteiger partial charge in [-0.25, -0.2) is 18.7 Å². The van der Waals surface area contributed by atoms with Gasteiger partial charge in [-0.1, -0.05) is 12.2 Å². The van der Waals surface area contributed by atoms with Crippen LogP contribution >= 0.6 is 0 Å². The Balaban J connectivity index is 2.04. The highest BCUT2D eigenvalue weighted by atomic mass is 32.2. The molecule has 1 unspecified atom stereocenters. The van der Waals surface area contributed by atoms with Crippen LogP contribution in [0.15, 0.2) is 29.3 Å². The van der Waals surface area contributed by atoms with Crippen molar-refractivity contribution in [3.8, 4) is 6.07 Å². The first-order valence-electron chi connectivity index (χ1n) is 7.68. The molecule has 3 heterocycles. The number of nitrogens with zero attached hydrogens (tertiary/aromatic N) is 3. The zero-order valence-corrected chi connectivity index (χ0v) is 14.9. The maximum atomic E-state index is 13.5. The van der Waals surface area contributed by atoms with Gasteiger partial charge in [-0.2, -0.15) is 9.65 Å². The van der Waals surface area contributed by atoms with E-state index in [2.05, 4.69) is 15.0 Å². The van der Waals surface area contributed by atoms with Gasteiger partial charge in [0.15, 0.2) is 0 Å². The summed E-state index contributed by atoms with van der Waals surface area (Å²) in [6.45, 7) is -0.364. The summed E-state index contributed by atoms with van der Waals surface area (Å²) in [6, 6.07) is 3.18. The molecular weight excluding hydrogens is 375 g/mol. The number of carbonyl (C=O) groups excluding carboxylic acids is 1. The predicted octanol–water partition coefficient (Wildman–Crippen LogP) is 0.981. The number of pyridine rings is 1. The number of anilines is 1. The molecule has 1 aliphatic heterocycles. The molecule has 0 fully saturated rings. The number of carbonyl (C=O) groups is 1. The van der Waals surface area contributed by atoms with E-state index in [0.717, 1.165) is 6.07 Å². The van der Waals surface area contributed by atoms with Crippen LogP contribution in [0.5, 0.6) is 0 Å². The van der Waals surface area contributed by atoms with Crippen molar-refractivity contribution in [1.29, 1.82) is 10.0 Å². The van der Waals surface area contributed by atoms with Crippen molar-refractivity contribution in [2.75, 3.05) is 11.9 Å². The first kappa shape index (κ1) is 18.7. The second-order valence-electron chi connectivity index (χ2n) is 5.82. The van der Waals surface area contributed by atoms with Gasteiger partial charge in [-0.05, 0) is 6.07 Å². The van der Waals surface area contributed by atoms with Gasteiger partial charge in [0, 0.05) is 30.6 Å². The largest absolute Gasteiger partial charge is 0.394 e. The molecule has 1 aliphatic rings. The number of halogens is 1. The van der Waals surface area contributed by atoms with Crippen LogP contribution < -0.4 is 10.0 Å². The molecular formula is C16H15FN6O3S. The Morgan fingerprint density at radius 2 is 2.33 bits per heavy atom. The Morgan fingerprint density at radius 1 is 1.59 bits per heavy atom. The Hall–Kier alpha value is -3.07. The standard InChI is InChI=1S/C16H15FN6O3S/c1-23-7-13-12(3-2-9(8-24)22-27(13,19)26)15(23)16(25)21-10-4-11(6-18)20-14(17)5-10/h2-5,7,9,24H,8H2,1H3,(H2,19,22,26)(H,20,21,25)/t9-,27?/m1/s1. The maximum absolute atomic E-state index is 13.5. The van der Waals surface area contributed by atoms with Gasteiger partial charge in [0.05, 0.1) is 17.5 Å². The number of aryl methyl sites for hydroxylation is 1. The van der Waals surface area contributed by atoms with Crippen LogP contribution in [0.2, 0.25) is 0 Å². The Kier molecular flexibility index (Phi) is 4.79. The summed E-state index contributed by atoms with van der Waals surface area (Å²) in [5.41, 5.74) is 0.195. The van der Waals surface area contributed by atoms with Gasteiger partial charge in [-0.15, -0.1) is 0 Å². The number of amides is 1. The lowest BCUT2D eigenvalue weighted by Gasteiger charge is -2.12. The van der Waals surface area contributed by atoms with Gasteiger partial charge in [0.25, 0.3) is 5.91 Å². The van der Waals surface area contributed by atoms with Crippen LogP contribution in [-0.2, 0) is 17.0 Å². The molecule has 0 aromatic carbocycles. The molecule has 0 spiro atoms. The number of aromatic nitrogens is 2. The van der Waals surface area contributed by atoms with Crippen LogP contribution in [0.1, 0.15) is 21.7 Å². The highest BCUT2D eigenvalue weighted by molar-refractivity contribution is 7.90. The molecule has 0 saturated heterocycles. The smallest absolute Gasteiger partial charge is 0.272 e. The van der Waals surface area contributed by atoms with Crippen molar-refractivity contribution in [2.24, 2.45) is 7.05 Å². The molecule has 2 atom stereocenters. The highest BCUT2D eigenvalue weighted by Gasteiger charge is 2.28. The third-order valence-electron chi connectivity index (χ3n) is 3.88. The normalized spacial score (nSPS) is 21.2. The second-order valence-corrected chi connectivity index (χ2v) is 7.61. The number of rotatable bonds is 3. The first-order valence-corrected chi connectivity index (χ1v) is 9.24. The fourth-order valence-electron chi connectivity index (χ4n) is 2.73. The topological polar surface area (TPSA) is 144 Å². The molecule has 140 valence electrons. The van der Waals surface area contributed by atoms with E-state index in [1.807, 2.05) is 0 Å². The molecule has 0 radical (unpaired) electrons. The average molecular weight is 390 g/mol. The molecule has 27 heavy (non-hydrogen) atoms. The number of hydrogen-bond donors (Lipinski definition) is 4. The van der Waals surface area contributed by atoms with Crippen molar-refractivity contribution in [2.45, 2.75) is 10.9 Å². The van der Waals surface area contributed by atoms with E-state index in [4.69, 9.17) is 10.0 Å². The van der Waals surface area contributed by atoms with E-state index in [1.54, 1.807) is 13.1 Å². The molecule has 4 N–H and O–H groups in total. The zero-order valence-electron chi connectivity index (χ0n) is 14.1. The summed E-state index contributed by atoms with van der Waals surface area (Å²) in [6.07, 6.45) is 4.41.